The van der Waals surface area contributed by atoms with Crippen LogP contribution in [-0.4, -0.2) is 10.9 Å². The number of carbonyl (C=O) groups excluding carboxylic acids is 1. The highest BCUT2D eigenvalue weighted by Crippen LogP contribution is 2.29. The van der Waals surface area contributed by atoms with E-state index in [1.807, 2.05) is 30.3 Å². The van der Waals surface area contributed by atoms with Gasteiger partial charge in [0.25, 0.3) is 5.91 Å². The van der Waals surface area contributed by atoms with Crippen molar-refractivity contribution in [2.75, 3.05) is 10.6 Å². The summed E-state index contributed by atoms with van der Waals surface area (Å²) in [6.45, 7) is 0.553. The van der Waals surface area contributed by atoms with Crippen molar-refractivity contribution in [1.82, 2.24) is 4.98 Å². The molecule has 2 N–H and O–H groups in total. The van der Waals surface area contributed by atoms with E-state index in [1.54, 1.807) is 6.07 Å². The minimum absolute atomic E-state index is 0.281. The van der Waals surface area contributed by atoms with Crippen LogP contribution in [0.5, 0.6) is 0 Å². The summed E-state index contributed by atoms with van der Waals surface area (Å²) in [5, 5.41) is 5.70. The molecule has 0 unspecified atom stereocenters. The lowest BCUT2D eigenvalue weighted by Gasteiger charge is -2.10. The van der Waals surface area contributed by atoms with Crippen LogP contribution < -0.4 is 10.6 Å². The molecule has 138 valence electrons. The van der Waals surface area contributed by atoms with E-state index in [9.17, 15) is 18.0 Å². The highest BCUT2D eigenvalue weighted by Gasteiger charge is 2.30. The molecule has 0 aliphatic rings. The second kappa shape index (κ2) is 7.90. The summed E-state index contributed by atoms with van der Waals surface area (Å²) in [5.74, 6) is 0.0962. The lowest BCUT2D eigenvalue weighted by Crippen LogP contribution is -2.13. The van der Waals surface area contributed by atoms with Gasteiger partial charge in [0.15, 0.2) is 0 Å². The largest absolute Gasteiger partial charge is 0.416 e. The summed E-state index contributed by atoms with van der Waals surface area (Å²) in [5.41, 5.74) is 0.930. The number of hydrogen-bond donors (Lipinski definition) is 2. The molecule has 0 aliphatic heterocycles. The third-order valence-electron chi connectivity index (χ3n) is 3.81. The van der Waals surface area contributed by atoms with E-state index in [0.29, 0.717) is 17.9 Å². The molecule has 27 heavy (non-hydrogen) atoms. The Bertz CT molecular complexity index is 910. The second-order valence-corrected chi connectivity index (χ2v) is 5.80. The number of benzene rings is 2. The van der Waals surface area contributed by atoms with E-state index in [0.717, 1.165) is 17.7 Å². The van der Waals surface area contributed by atoms with E-state index >= 15 is 0 Å². The van der Waals surface area contributed by atoms with E-state index in [4.69, 9.17) is 0 Å². The Labute approximate surface area is 154 Å². The number of halogens is 3. The maximum Gasteiger partial charge on any atom is 0.416 e. The van der Waals surface area contributed by atoms with Gasteiger partial charge >= 0.3 is 6.18 Å². The topological polar surface area (TPSA) is 54.0 Å². The molecule has 0 bridgehead atoms. The van der Waals surface area contributed by atoms with Crippen LogP contribution in [0, 0.1) is 0 Å². The summed E-state index contributed by atoms with van der Waals surface area (Å²) in [7, 11) is 0. The highest BCUT2D eigenvalue weighted by molar-refractivity contribution is 6.04. The summed E-state index contributed by atoms with van der Waals surface area (Å²) >= 11 is 0. The number of hydrogen-bond acceptors (Lipinski definition) is 3. The van der Waals surface area contributed by atoms with Gasteiger partial charge in [0.2, 0.25) is 0 Å². The normalized spacial score (nSPS) is 11.1. The summed E-state index contributed by atoms with van der Waals surface area (Å²) < 4.78 is 37.8. The number of anilines is 2. The smallest absolute Gasteiger partial charge is 0.366 e. The van der Waals surface area contributed by atoms with Crippen molar-refractivity contribution < 1.29 is 18.0 Å². The van der Waals surface area contributed by atoms with E-state index < -0.39 is 17.6 Å². The van der Waals surface area contributed by atoms with Crippen molar-refractivity contribution in [2.45, 2.75) is 12.7 Å². The predicted molar refractivity (Wildman–Crippen MR) is 97.4 cm³/mol. The number of carbonyl (C=O) groups is 1. The van der Waals surface area contributed by atoms with Crippen molar-refractivity contribution in [3.63, 3.8) is 0 Å². The molecular formula is C20H16F3N3O. The maximum absolute atomic E-state index is 12.6. The van der Waals surface area contributed by atoms with Crippen LogP contribution in [0.2, 0.25) is 0 Å². The lowest BCUT2D eigenvalue weighted by molar-refractivity contribution is -0.137. The van der Waals surface area contributed by atoms with Crippen LogP contribution in [0.15, 0.2) is 72.9 Å². The van der Waals surface area contributed by atoms with Gasteiger partial charge in [-0.05, 0) is 42.0 Å². The Morgan fingerprint density at radius 1 is 0.963 bits per heavy atom. The fourth-order valence-electron chi connectivity index (χ4n) is 2.40. The molecule has 1 aromatic heterocycles. The van der Waals surface area contributed by atoms with Gasteiger partial charge in [-0.3, -0.25) is 4.79 Å². The van der Waals surface area contributed by atoms with Crippen molar-refractivity contribution in [1.29, 1.82) is 0 Å². The maximum atomic E-state index is 12.6. The number of nitrogens with one attached hydrogen (secondary N) is 2. The Kier molecular flexibility index (Phi) is 5.40. The Hall–Kier alpha value is -3.35. The molecule has 3 rings (SSSR count). The third-order valence-corrected chi connectivity index (χ3v) is 3.81. The molecule has 1 amide bonds. The van der Waals surface area contributed by atoms with Crippen LogP contribution in [0.1, 0.15) is 21.5 Å². The molecule has 0 spiro atoms. The van der Waals surface area contributed by atoms with Gasteiger partial charge in [-0.2, -0.15) is 13.2 Å². The number of rotatable bonds is 5. The fraction of sp³-hybridized carbons (Fsp3) is 0.100. The number of aromatic nitrogens is 1. The molecule has 0 aliphatic carbocycles. The standard InChI is InChI=1S/C20H16F3N3O/c21-20(22,23)16-6-8-17(9-7-16)26-19(27)15-10-11-24-18(12-15)25-13-14-4-2-1-3-5-14/h1-12H,13H2,(H,24,25)(H,26,27). The molecule has 2 aromatic carbocycles. The number of alkyl halides is 3. The molecule has 4 nitrogen and oxygen atoms in total. The van der Waals surface area contributed by atoms with Crippen LogP contribution in [0.3, 0.4) is 0 Å². The molecule has 0 fully saturated rings. The Morgan fingerprint density at radius 3 is 2.33 bits per heavy atom. The highest BCUT2D eigenvalue weighted by atomic mass is 19.4. The van der Waals surface area contributed by atoms with Gasteiger partial charge in [-0.25, -0.2) is 4.98 Å². The summed E-state index contributed by atoms with van der Waals surface area (Å²) in [4.78, 5) is 16.5. The van der Waals surface area contributed by atoms with Crippen molar-refractivity contribution in [3.05, 3.63) is 89.6 Å². The molecule has 0 radical (unpaired) electrons. The minimum Gasteiger partial charge on any atom is -0.366 e. The van der Waals surface area contributed by atoms with Gasteiger partial charge in [0.1, 0.15) is 5.82 Å². The van der Waals surface area contributed by atoms with E-state index in [1.165, 1.54) is 24.4 Å². The van der Waals surface area contributed by atoms with Crippen molar-refractivity contribution >= 4 is 17.4 Å². The zero-order valence-electron chi connectivity index (χ0n) is 14.1. The van der Waals surface area contributed by atoms with Gasteiger partial charge in [-0.1, -0.05) is 30.3 Å². The molecule has 0 atom stereocenters. The first-order chi connectivity index (χ1) is 12.9. The van der Waals surface area contributed by atoms with Crippen molar-refractivity contribution in [2.24, 2.45) is 0 Å². The van der Waals surface area contributed by atoms with Crippen LogP contribution >= 0.6 is 0 Å². The number of amides is 1. The molecule has 7 heteroatoms. The molecule has 0 saturated carbocycles. The minimum atomic E-state index is -4.41. The number of pyridine rings is 1. The quantitative estimate of drug-likeness (QED) is 0.666. The predicted octanol–water partition coefficient (Wildman–Crippen LogP) is 4.96. The summed E-state index contributed by atoms with van der Waals surface area (Å²) in [6, 6.07) is 17.1. The average molecular weight is 371 g/mol. The third kappa shape index (κ3) is 5.07. The first-order valence-corrected chi connectivity index (χ1v) is 8.14. The average Bonchev–Trinajstić information content (AvgIpc) is 2.67. The SMILES string of the molecule is O=C(Nc1ccc(C(F)(F)F)cc1)c1ccnc(NCc2ccccc2)c1. The monoisotopic (exact) mass is 371 g/mol. The fourth-order valence-corrected chi connectivity index (χ4v) is 2.40. The Balaban J connectivity index is 1.64. The first kappa shape index (κ1) is 18.4. The van der Waals surface area contributed by atoms with Gasteiger partial charge in [-0.15, -0.1) is 0 Å². The van der Waals surface area contributed by atoms with Gasteiger partial charge in [0, 0.05) is 24.0 Å². The lowest BCUT2D eigenvalue weighted by atomic mass is 10.2. The molecular weight excluding hydrogens is 355 g/mol. The zero-order valence-corrected chi connectivity index (χ0v) is 14.1. The van der Waals surface area contributed by atoms with Crippen LogP contribution in [0.4, 0.5) is 24.7 Å². The van der Waals surface area contributed by atoms with E-state index in [-0.39, 0.29) is 5.69 Å². The van der Waals surface area contributed by atoms with Gasteiger partial charge in [0.05, 0.1) is 5.56 Å². The van der Waals surface area contributed by atoms with Gasteiger partial charge < -0.3 is 10.6 Å². The molecule has 0 saturated heterocycles. The van der Waals surface area contributed by atoms with Crippen LogP contribution in [-0.2, 0) is 12.7 Å². The first-order valence-electron chi connectivity index (χ1n) is 8.14. The summed E-state index contributed by atoms with van der Waals surface area (Å²) in [6.07, 6.45) is -2.91. The zero-order chi connectivity index (χ0) is 19.3. The second-order valence-electron chi connectivity index (χ2n) is 5.80. The number of nitrogens with zero attached hydrogens (tertiary/aromatic N) is 1. The molecule has 3 aromatic rings. The Morgan fingerprint density at radius 2 is 1.67 bits per heavy atom. The van der Waals surface area contributed by atoms with Crippen LogP contribution in [0.25, 0.3) is 0 Å². The van der Waals surface area contributed by atoms with E-state index in [2.05, 4.69) is 15.6 Å². The van der Waals surface area contributed by atoms with Crippen molar-refractivity contribution in [3.8, 4) is 0 Å². The molecule has 1 heterocycles.